The first-order valence-electron chi connectivity index (χ1n) is 8.51. The Bertz CT molecular complexity index is 308. The lowest BCUT2D eigenvalue weighted by Gasteiger charge is -2.15. The van der Waals surface area contributed by atoms with Crippen molar-refractivity contribution in [3.05, 3.63) is 0 Å². The first-order valence-corrected chi connectivity index (χ1v) is 10.8. The minimum atomic E-state index is 0.272. The van der Waals surface area contributed by atoms with Crippen molar-refractivity contribution < 1.29 is 9.59 Å². The second-order valence-corrected chi connectivity index (χ2v) is 7.58. The minimum Gasteiger partial charge on any atom is -0.342 e. The van der Waals surface area contributed by atoms with Gasteiger partial charge in [0.2, 0.25) is 11.8 Å². The Labute approximate surface area is 144 Å². The number of amides is 2. The van der Waals surface area contributed by atoms with Gasteiger partial charge in [-0.3, -0.25) is 9.59 Å². The van der Waals surface area contributed by atoms with Crippen molar-refractivity contribution in [3.8, 4) is 0 Å². The summed E-state index contributed by atoms with van der Waals surface area (Å²) in [5, 5.41) is 0.793. The minimum absolute atomic E-state index is 0.272. The first-order chi connectivity index (χ1) is 10.6. The summed E-state index contributed by atoms with van der Waals surface area (Å²) in [6, 6.07) is 0. The number of carbonyl (C=O) groups is 2. The summed E-state index contributed by atoms with van der Waals surface area (Å²) in [5.74, 6) is 0.543. The molecule has 0 radical (unpaired) electrons. The second-order valence-electron chi connectivity index (χ2n) is 4.71. The molecule has 2 aliphatic rings. The number of hydrogen-bond donors (Lipinski definition) is 0. The van der Waals surface area contributed by atoms with Crippen LogP contribution in [0.5, 0.6) is 0 Å². The van der Waals surface area contributed by atoms with Crippen molar-refractivity contribution in [2.45, 2.75) is 64.9 Å². The third-order valence-electron chi connectivity index (χ3n) is 3.45. The van der Waals surface area contributed by atoms with E-state index in [9.17, 15) is 9.59 Å². The van der Waals surface area contributed by atoms with Crippen molar-refractivity contribution in [2.24, 2.45) is 0 Å². The third kappa shape index (κ3) is 6.41. The molecule has 2 unspecified atom stereocenters. The second kappa shape index (κ2) is 12.1. The smallest absolute Gasteiger partial charge is 0.223 e. The lowest BCUT2D eigenvalue weighted by atomic mass is 10.4. The Balaban J connectivity index is 0.00000102. The van der Waals surface area contributed by atoms with Crippen LogP contribution in [0.4, 0.5) is 0 Å². The predicted octanol–water partition coefficient (Wildman–Crippen LogP) is 3.66. The zero-order valence-electron chi connectivity index (χ0n) is 14.9. The van der Waals surface area contributed by atoms with Crippen molar-refractivity contribution in [1.82, 2.24) is 9.80 Å². The van der Waals surface area contributed by atoms with Crippen LogP contribution in [-0.4, -0.2) is 58.3 Å². The fourth-order valence-electron chi connectivity index (χ4n) is 2.37. The van der Waals surface area contributed by atoms with Crippen molar-refractivity contribution in [2.75, 3.05) is 26.2 Å². The summed E-state index contributed by atoms with van der Waals surface area (Å²) < 4.78 is 0. The van der Waals surface area contributed by atoms with Crippen LogP contribution >= 0.6 is 21.6 Å². The maximum atomic E-state index is 11.6. The van der Waals surface area contributed by atoms with Gasteiger partial charge in [-0.05, 0) is 13.8 Å². The van der Waals surface area contributed by atoms with E-state index in [4.69, 9.17) is 0 Å². The SMILES string of the molecule is CC.CC.CCN1CC(SSC2CC(=O)N(CC)C2)CC1=O. The van der Waals surface area contributed by atoms with Gasteiger partial charge in [-0.15, -0.1) is 0 Å². The van der Waals surface area contributed by atoms with E-state index in [0.717, 1.165) is 26.2 Å². The van der Waals surface area contributed by atoms with Crippen LogP contribution in [0.3, 0.4) is 0 Å². The van der Waals surface area contributed by atoms with Gasteiger partial charge in [-0.2, -0.15) is 0 Å². The van der Waals surface area contributed by atoms with Crippen LogP contribution in [0.2, 0.25) is 0 Å². The molecule has 130 valence electrons. The van der Waals surface area contributed by atoms with Gasteiger partial charge in [0.05, 0.1) is 0 Å². The van der Waals surface area contributed by atoms with Gasteiger partial charge in [-0.1, -0.05) is 49.3 Å². The molecule has 0 aromatic carbocycles. The number of hydrogen-bond acceptors (Lipinski definition) is 4. The van der Waals surface area contributed by atoms with E-state index in [1.54, 1.807) is 21.6 Å². The molecule has 2 amide bonds. The van der Waals surface area contributed by atoms with Gasteiger partial charge in [0.15, 0.2) is 0 Å². The largest absolute Gasteiger partial charge is 0.342 e. The monoisotopic (exact) mass is 348 g/mol. The van der Waals surface area contributed by atoms with E-state index in [1.165, 1.54) is 0 Å². The molecule has 2 heterocycles. The highest BCUT2D eigenvalue weighted by atomic mass is 33.1. The van der Waals surface area contributed by atoms with Gasteiger partial charge in [-0.25, -0.2) is 0 Å². The number of rotatable bonds is 5. The van der Waals surface area contributed by atoms with E-state index < -0.39 is 0 Å². The van der Waals surface area contributed by atoms with Crippen LogP contribution in [0.25, 0.3) is 0 Å². The Morgan fingerprint density at radius 1 is 0.818 bits per heavy atom. The fraction of sp³-hybridized carbons (Fsp3) is 0.875. The topological polar surface area (TPSA) is 40.6 Å². The third-order valence-corrected chi connectivity index (χ3v) is 6.70. The first kappa shape index (κ1) is 21.6. The maximum absolute atomic E-state index is 11.6. The van der Waals surface area contributed by atoms with E-state index >= 15 is 0 Å². The molecule has 22 heavy (non-hydrogen) atoms. The molecule has 0 spiro atoms. The molecule has 0 saturated carbocycles. The average molecular weight is 349 g/mol. The van der Waals surface area contributed by atoms with E-state index in [2.05, 4.69) is 0 Å². The summed E-state index contributed by atoms with van der Waals surface area (Å²) in [7, 11) is 3.59. The molecule has 0 aliphatic carbocycles. The van der Waals surface area contributed by atoms with Crippen LogP contribution in [0.1, 0.15) is 54.4 Å². The van der Waals surface area contributed by atoms with Crippen LogP contribution in [0.15, 0.2) is 0 Å². The molecule has 0 N–H and O–H groups in total. The summed E-state index contributed by atoms with van der Waals surface area (Å²) in [5.41, 5.74) is 0. The molecule has 0 bridgehead atoms. The Hall–Kier alpha value is -0.360. The van der Waals surface area contributed by atoms with E-state index in [0.29, 0.717) is 23.3 Å². The fourth-order valence-corrected chi connectivity index (χ4v) is 5.30. The van der Waals surface area contributed by atoms with Crippen molar-refractivity contribution in [3.63, 3.8) is 0 Å². The molecule has 2 saturated heterocycles. The lowest BCUT2D eigenvalue weighted by molar-refractivity contribution is -0.128. The van der Waals surface area contributed by atoms with Crippen molar-refractivity contribution >= 4 is 33.4 Å². The van der Waals surface area contributed by atoms with Gasteiger partial charge < -0.3 is 9.80 Å². The number of carbonyl (C=O) groups excluding carboxylic acids is 2. The Kier molecular flexibility index (Phi) is 11.9. The van der Waals surface area contributed by atoms with Crippen molar-refractivity contribution in [1.29, 1.82) is 0 Å². The van der Waals surface area contributed by atoms with Crippen LogP contribution in [0, 0.1) is 0 Å². The predicted molar refractivity (Wildman–Crippen MR) is 99.2 cm³/mol. The standard InChI is InChI=1S/C12H20N2O2S2.2C2H6/c1-3-13-7-9(5-11(13)15)17-18-10-6-12(16)14(4-2)8-10;2*1-2/h9-10H,3-8H2,1-2H3;2*1-2H3. The molecular weight excluding hydrogens is 316 g/mol. The summed E-state index contributed by atoms with van der Waals surface area (Å²) >= 11 is 0. The van der Waals surface area contributed by atoms with E-state index in [-0.39, 0.29) is 11.8 Å². The lowest BCUT2D eigenvalue weighted by Crippen LogP contribution is -2.25. The van der Waals surface area contributed by atoms with Crippen LogP contribution < -0.4 is 0 Å². The van der Waals surface area contributed by atoms with Gasteiger partial charge >= 0.3 is 0 Å². The zero-order chi connectivity index (χ0) is 17.1. The highest BCUT2D eigenvalue weighted by molar-refractivity contribution is 8.77. The highest BCUT2D eigenvalue weighted by Gasteiger charge is 2.33. The van der Waals surface area contributed by atoms with Gasteiger partial charge in [0, 0.05) is 49.5 Å². The zero-order valence-corrected chi connectivity index (χ0v) is 16.6. The molecule has 2 atom stereocenters. The molecule has 2 rings (SSSR count). The molecule has 0 aromatic heterocycles. The molecular formula is C16H32N2O2S2. The Morgan fingerprint density at radius 2 is 1.14 bits per heavy atom. The van der Waals surface area contributed by atoms with Crippen LogP contribution in [-0.2, 0) is 9.59 Å². The molecule has 6 heteroatoms. The maximum Gasteiger partial charge on any atom is 0.223 e. The quantitative estimate of drug-likeness (QED) is 0.711. The molecule has 2 fully saturated rings. The molecule has 4 nitrogen and oxygen atoms in total. The van der Waals surface area contributed by atoms with Gasteiger partial charge in [0.25, 0.3) is 0 Å². The summed E-state index contributed by atoms with van der Waals surface area (Å²) in [4.78, 5) is 27.0. The van der Waals surface area contributed by atoms with Gasteiger partial charge in [0.1, 0.15) is 0 Å². The molecule has 2 aliphatic heterocycles. The summed E-state index contributed by atoms with van der Waals surface area (Å²) in [6.07, 6.45) is 1.31. The molecule has 0 aromatic rings. The highest BCUT2D eigenvalue weighted by Crippen LogP contribution is 2.39. The Morgan fingerprint density at radius 3 is 1.36 bits per heavy atom. The summed E-state index contributed by atoms with van der Waals surface area (Å²) in [6.45, 7) is 15.4. The average Bonchev–Trinajstić information content (AvgIpc) is 3.11. The normalized spacial score (nSPS) is 23.9. The van der Waals surface area contributed by atoms with E-state index in [1.807, 2.05) is 51.3 Å². The number of likely N-dealkylation sites (tertiary alicyclic amines) is 2. The number of nitrogens with zero attached hydrogens (tertiary/aromatic N) is 2.